The molecule has 0 aromatic heterocycles. The lowest BCUT2D eigenvalue weighted by Crippen LogP contribution is -2.73. The molecule has 13 heavy (non-hydrogen) atoms. The Kier molecular flexibility index (Phi) is 2.34. The Labute approximate surface area is 78.9 Å². The van der Waals surface area contributed by atoms with Gasteiger partial charge in [-0.1, -0.05) is 30.3 Å². The number of benzene rings is 1. The van der Waals surface area contributed by atoms with Gasteiger partial charge in [0.15, 0.2) is 0 Å². The van der Waals surface area contributed by atoms with Gasteiger partial charge in [-0.05, 0) is 18.0 Å². The number of hydrogen-bond donors (Lipinski definition) is 1. The van der Waals surface area contributed by atoms with Gasteiger partial charge in [0.2, 0.25) is 0 Å². The molecule has 1 aromatic rings. The summed E-state index contributed by atoms with van der Waals surface area (Å²) in [7, 11) is 1.99. The summed E-state index contributed by atoms with van der Waals surface area (Å²) in [6.45, 7) is 1.93. The quantitative estimate of drug-likeness (QED) is 0.610. The second-order valence-corrected chi connectivity index (χ2v) is 3.21. The van der Waals surface area contributed by atoms with E-state index in [9.17, 15) is 0 Å². The van der Waals surface area contributed by atoms with Gasteiger partial charge in [0.25, 0.3) is 5.90 Å². The monoisotopic (exact) mass is 173 g/mol. The normalized spacial score (nSPS) is 21.0. The van der Waals surface area contributed by atoms with Crippen molar-refractivity contribution in [1.82, 2.24) is 0 Å². The minimum absolute atomic E-state index is 0.183. The summed E-state index contributed by atoms with van der Waals surface area (Å²) in [5, 5.41) is 0. The summed E-state index contributed by atoms with van der Waals surface area (Å²) < 4.78 is 5.52. The third-order valence-corrected chi connectivity index (χ3v) is 2.08. The first-order valence-corrected chi connectivity index (χ1v) is 4.48. The van der Waals surface area contributed by atoms with Gasteiger partial charge in [-0.15, -0.1) is 0 Å². The van der Waals surface area contributed by atoms with Crippen LogP contribution >= 0.6 is 0 Å². The van der Waals surface area contributed by atoms with Crippen molar-refractivity contribution in [2.45, 2.75) is 19.3 Å². The SMILES string of the molecule is CC1=[NH+][B-]C(Cc2ccccc2)O1. The number of ether oxygens (including phenoxy) is 1. The zero-order chi connectivity index (χ0) is 9.10. The van der Waals surface area contributed by atoms with E-state index in [1.807, 2.05) is 32.5 Å². The molecule has 66 valence electrons. The van der Waals surface area contributed by atoms with Gasteiger partial charge in [0.1, 0.15) is 7.41 Å². The molecule has 1 aliphatic heterocycles. The highest BCUT2D eigenvalue weighted by molar-refractivity contribution is 6.28. The summed E-state index contributed by atoms with van der Waals surface area (Å²) in [5.41, 5.74) is 1.31. The van der Waals surface area contributed by atoms with Crippen LogP contribution in [0.2, 0.25) is 0 Å². The Morgan fingerprint density at radius 1 is 1.38 bits per heavy atom. The second kappa shape index (κ2) is 3.65. The van der Waals surface area contributed by atoms with E-state index in [-0.39, 0.29) is 6.00 Å². The maximum Gasteiger partial charge on any atom is 0.270 e. The van der Waals surface area contributed by atoms with Gasteiger partial charge < -0.3 is 9.64 Å². The van der Waals surface area contributed by atoms with E-state index in [1.165, 1.54) is 5.56 Å². The fourth-order valence-corrected chi connectivity index (χ4v) is 1.45. The zero-order valence-corrected chi connectivity index (χ0v) is 7.66. The van der Waals surface area contributed by atoms with Crippen molar-refractivity contribution in [3.8, 4) is 0 Å². The lowest BCUT2D eigenvalue weighted by Gasteiger charge is -2.12. The smallest absolute Gasteiger partial charge is 0.270 e. The van der Waals surface area contributed by atoms with Gasteiger partial charge in [-0.2, -0.15) is 0 Å². The van der Waals surface area contributed by atoms with E-state index in [1.54, 1.807) is 0 Å². The summed E-state index contributed by atoms with van der Waals surface area (Å²) in [4.78, 5) is 3.06. The van der Waals surface area contributed by atoms with E-state index >= 15 is 0 Å². The predicted octanol–water partition coefficient (Wildman–Crippen LogP) is -0.296. The third-order valence-electron chi connectivity index (χ3n) is 2.08. The molecule has 1 atom stereocenters. The van der Waals surface area contributed by atoms with Gasteiger partial charge in [0.05, 0.1) is 6.92 Å². The van der Waals surface area contributed by atoms with Crippen molar-refractivity contribution in [3.05, 3.63) is 35.9 Å². The largest absolute Gasteiger partial charge is 0.486 e. The molecule has 3 heteroatoms. The van der Waals surface area contributed by atoms with Gasteiger partial charge >= 0.3 is 0 Å². The number of nitrogens with one attached hydrogen (secondary N) is 1. The summed E-state index contributed by atoms with van der Waals surface area (Å²) >= 11 is 0. The fraction of sp³-hybridized carbons (Fsp3) is 0.300. The van der Waals surface area contributed by atoms with Crippen LogP contribution in [0, 0.1) is 0 Å². The van der Waals surface area contributed by atoms with Crippen LogP contribution < -0.4 is 4.90 Å². The molecule has 1 N–H and O–H groups in total. The zero-order valence-electron chi connectivity index (χ0n) is 7.66. The molecule has 0 spiro atoms. The Morgan fingerprint density at radius 3 is 2.77 bits per heavy atom. The minimum atomic E-state index is 0.183. The molecule has 0 saturated carbocycles. The molecular formula is C10H12BNO. The molecule has 0 fully saturated rings. The molecule has 2 rings (SSSR count). The lowest BCUT2D eigenvalue weighted by molar-refractivity contribution is -0.285. The Bertz CT molecular complexity index is 310. The van der Waals surface area contributed by atoms with Crippen LogP contribution in [-0.2, 0) is 11.2 Å². The van der Waals surface area contributed by atoms with E-state index in [0.717, 1.165) is 12.3 Å². The number of hydrogen-bond acceptors (Lipinski definition) is 1. The van der Waals surface area contributed by atoms with Gasteiger partial charge in [0, 0.05) is 0 Å². The van der Waals surface area contributed by atoms with Crippen LogP contribution in [0.5, 0.6) is 0 Å². The Hall–Kier alpha value is -1.25. The molecule has 1 aliphatic rings. The van der Waals surface area contributed by atoms with Crippen LogP contribution in [0.25, 0.3) is 0 Å². The van der Waals surface area contributed by atoms with Crippen LogP contribution in [0.3, 0.4) is 0 Å². The molecule has 0 bridgehead atoms. The average molecular weight is 173 g/mol. The summed E-state index contributed by atoms with van der Waals surface area (Å²) in [6.07, 6.45) is 0.936. The first-order chi connectivity index (χ1) is 6.34. The van der Waals surface area contributed by atoms with Crippen LogP contribution in [0.15, 0.2) is 30.3 Å². The van der Waals surface area contributed by atoms with E-state index in [4.69, 9.17) is 4.74 Å². The molecule has 2 radical (unpaired) electrons. The summed E-state index contributed by atoms with van der Waals surface area (Å²) in [6, 6.07) is 10.5. The number of rotatable bonds is 2. The predicted molar refractivity (Wildman–Crippen MR) is 52.4 cm³/mol. The van der Waals surface area contributed by atoms with Crippen LogP contribution in [-0.4, -0.2) is 19.3 Å². The maximum atomic E-state index is 5.52. The van der Waals surface area contributed by atoms with Crippen molar-refractivity contribution >= 4 is 13.3 Å². The first-order valence-electron chi connectivity index (χ1n) is 4.48. The molecule has 0 amide bonds. The molecule has 1 unspecified atom stereocenters. The van der Waals surface area contributed by atoms with E-state index in [0.29, 0.717) is 0 Å². The third kappa shape index (κ3) is 2.11. The standard InChI is InChI=1S/C10H12BNO/c1-8-12-11-10(13-8)7-9-5-3-2-4-6-9/h2-6,10,12H,7H2,1H3. The van der Waals surface area contributed by atoms with Crippen molar-refractivity contribution in [2.24, 2.45) is 0 Å². The van der Waals surface area contributed by atoms with Crippen molar-refractivity contribution in [1.29, 1.82) is 0 Å². The van der Waals surface area contributed by atoms with Gasteiger partial charge in [-0.3, -0.25) is 0 Å². The molecule has 0 saturated heterocycles. The van der Waals surface area contributed by atoms with Crippen molar-refractivity contribution in [2.75, 3.05) is 0 Å². The molecule has 1 heterocycles. The molecular weight excluding hydrogens is 161 g/mol. The molecule has 2 nitrogen and oxygen atoms in total. The molecule has 0 aliphatic carbocycles. The molecule has 1 aromatic carbocycles. The van der Waals surface area contributed by atoms with E-state index in [2.05, 4.69) is 17.0 Å². The first kappa shape index (κ1) is 8.36. The highest BCUT2D eigenvalue weighted by atomic mass is 16.5. The van der Waals surface area contributed by atoms with Crippen LogP contribution in [0.1, 0.15) is 12.5 Å². The lowest BCUT2D eigenvalue weighted by atomic mass is 9.83. The summed E-state index contributed by atoms with van der Waals surface area (Å²) in [5.74, 6) is 0.890. The minimum Gasteiger partial charge on any atom is -0.486 e. The van der Waals surface area contributed by atoms with Crippen molar-refractivity contribution < 1.29 is 9.64 Å². The maximum absolute atomic E-state index is 5.52. The highest BCUT2D eigenvalue weighted by Gasteiger charge is 2.12. The highest BCUT2D eigenvalue weighted by Crippen LogP contribution is 2.05. The Morgan fingerprint density at radius 2 is 2.15 bits per heavy atom. The second-order valence-electron chi connectivity index (χ2n) is 3.21. The average Bonchev–Trinajstić information content (AvgIpc) is 2.53. The Balaban J connectivity index is 1.94. The van der Waals surface area contributed by atoms with Crippen molar-refractivity contribution in [3.63, 3.8) is 0 Å². The van der Waals surface area contributed by atoms with Crippen LogP contribution in [0.4, 0.5) is 0 Å². The fourth-order valence-electron chi connectivity index (χ4n) is 1.45. The van der Waals surface area contributed by atoms with Gasteiger partial charge in [-0.25, -0.2) is 0 Å². The van der Waals surface area contributed by atoms with E-state index < -0.39 is 0 Å². The topological polar surface area (TPSA) is 23.2 Å².